The quantitative estimate of drug-likeness (QED) is 0.700. The number of hydrogen-bond donors (Lipinski definition) is 2. The minimum absolute atomic E-state index is 0. The van der Waals surface area contributed by atoms with Crippen LogP contribution in [0.3, 0.4) is 0 Å². The number of hydrogen-bond acceptors (Lipinski definition) is 5. The van der Waals surface area contributed by atoms with Gasteiger partial charge in [0.2, 0.25) is 0 Å². The third kappa shape index (κ3) is 3.55. The van der Waals surface area contributed by atoms with Crippen molar-refractivity contribution in [3.05, 3.63) is 69.1 Å². The molecule has 2 aliphatic heterocycles. The van der Waals surface area contributed by atoms with Crippen LogP contribution in [0, 0.1) is 5.92 Å². The molecule has 1 aromatic carbocycles. The Hall–Kier alpha value is -2.64. The smallest absolute Gasteiger partial charge is 0.332 e. The molecule has 164 valence electrons. The summed E-state index contributed by atoms with van der Waals surface area (Å²) in [4.78, 5) is 39.1. The second-order valence-electron chi connectivity index (χ2n) is 8.69. The lowest BCUT2D eigenvalue weighted by molar-refractivity contribution is -0.147. The van der Waals surface area contributed by atoms with E-state index in [0.717, 1.165) is 36.3 Å². The van der Waals surface area contributed by atoms with E-state index < -0.39 is 17.4 Å². The van der Waals surface area contributed by atoms with Gasteiger partial charge in [0.05, 0.1) is 7.11 Å². The van der Waals surface area contributed by atoms with Gasteiger partial charge in [-0.05, 0) is 42.1 Å². The van der Waals surface area contributed by atoms with Crippen LogP contribution in [0.4, 0.5) is 0 Å². The van der Waals surface area contributed by atoms with Crippen LogP contribution in [0.1, 0.15) is 39.5 Å². The third-order valence-corrected chi connectivity index (χ3v) is 6.79. The number of ether oxygens (including phenoxy) is 1. The number of halogens is 1. The van der Waals surface area contributed by atoms with E-state index >= 15 is 0 Å². The highest BCUT2D eigenvalue weighted by Gasteiger charge is 2.46. The molecule has 1 fully saturated rings. The average Bonchev–Trinajstić information content (AvgIpc) is 3.13. The summed E-state index contributed by atoms with van der Waals surface area (Å²) in [6, 6.07) is 11.2. The summed E-state index contributed by atoms with van der Waals surface area (Å²) in [6.45, 7) is 2.36. The Morgan fingerprint density at radius 2 is 1.84 bits per heavy atom. The van der Waals surface area contributed by atoms with Gasteiger partial charge in [-0.2, -0.15) is 0 Å². The molecule has 5 rings (SSSR count). The molecule has 0 saturated carbocycles. The molecule has 31 heavy (non-hydrogen) atoms. The van der Waals surface area contributed by atoms with E-state index in [1.165, 1.54) is 7.11 Å². The van der Waals surface area contributed by atoms with Gasteiger partial charge < -0.3 is 19.9 Å². The van der Waals surface area contributed by atoms with Gasteiger partial charge in [-0.25, -0.2) is 4.79 Å². The lowest BCUT2D eigenvalue weighted by atomic mass is 9.84. The highest BCUT2D eigenvalue weighted by molar-refractivity contribution is 5.98. The van der Waals surface area contributed by atoms with Crippen molar-refractivity contribution in [3.8, 4) is 0 Å². The summed E-state index contributed by atoms with van der Waals surface area (Å²) in [5, 5.41) is 6.28. The van der Waals surface area contributed by atoms with Crippen LogP contribution in [0.5, 0.6) is 0 Å². The van der Waals surface area contributed by atoms with E-state index in [1.54, 1.807) is 10.6 Å². The van der Waals surface area contributed by atoms with Gasteiger partial charge in [0, 0.05) is 37.5 Å². The van der Waals surface area contributed by atoms with Crippen LogP contribution in [0.25, 0.3) is 0 Å². The topological polar surface area (TPSA) is 89.4 Å². The summed E-state index contributed by atoms with van der Waals surface area (Å²) < 4.78 is 6.79. The minimum Gasteiger partial charge on any atom is -0.467 e. The maximum atomic E-state index is 13.2. The van der Waals surface area contributed by atoms with Gasteiger partial charge in [0.25, 0.3) is 11.5 Å². The number of piperidine rings is 1. The number of esters is 1. The first-order valence-electron chi connectivity index (χ1n) is 10.4. The van der Waals surface area contributed by atoms with Gasteiger partial charge in [0.1, 0.15) is 11.1 Å². The third-order valence-electron chi connectivity index (χ3n) is 6.79. The Morgan fingerprint density at radius 3 is 2.52 bits per heavy atom. The van der Waals surface area contributed by atoms with E-state index in [1.807, 2.05) is 30.3 Å². The molecule has 1 amide bonds. The van der Waals surface area contributed by atoms with Crippen LogP contribution in [0.2, 0.25) is 0 Å². The van der Waals surface area contributed by atoms with Crippen molar-refractivity contribution in [2.45, 2.75) is 37.3 Å². The van der Waals surface area contributed by atoms with Crippen LogP contribution in [0.15, 0.2) is 41.2 Å². The van der Waals surface area contributed by atoms with E-state index in [0.29, 0.717) is 31.2 Å². The second-order valence-corrected chi connectivity index (χ2v) is 8.69. The predicted molar refractivity (Wildman–Crippen MR) is 118 cm³/mol. The summed E-state index contributed by atoms with van der Waals surface area (Å²) in [6.07, 6.45) is 1.77. The maximum absolute atomic E-state index is 13.2. The van der Waals surface area contributed by atoms with Gasteiger partial charge in [-0.15, -0.1) is 12.4 Å². The zero-order valence-corrected chi connectivity index (χ0v) is 18.2. The molecular weight excluding hydrogens is 418 g/mol. The fourth-order valence-electron chi connectivity index (χ4n) is 5.34. The van der Waals surface area contributed by atoms with Crippen molar-refractivity contribution in [2.24, 2.45) is 5.92 Å². The van der Waals surface area contributed by atoms with Gasteiger partial charge >= 0.3 is 5.97 Å². The average molecular weight is 444 g/mol. The Bertz CT molecular complexity index is 1070. The largest absolute Gasteiger partial charge is 0.467 e. The first-order valence-corrected chi connectivity index (χ1v) is 10.4. The molecule has 3 heterocycles. The van der Waals surface area contributed by atoms with Crippen molar-refractivity contribution in [1.82, 2.24) is 15.2 Å². The van der Waals surface area contributed by atoms with Gasteiger partial charge in [-0.3, -0.25) is 9.59 Å². The summed E-state index contributed by atoms with van der Waals surface area (Å²) in [7, 11) is 1.32. The molecule has 2 bridgehead atoms. The van der Waals surface area contributed by atoms with E-state index in [2.05, 4.69) is 10.6 Å². The molecular formula is C23H26ClN3O4. The first kappa shape index (κ1) is 21.6. The Kier molecular flexibility index (Phi) is 5.66. The predicted octanol–water partition coefficient (Wildman–Crippen LogP) is 1.42. The number of carbonyl (C=O) groups excluding carboxylic acids is 2. The molecule has 7 nitrogen and oxygen atoms in total. The zero-order chi connectivity index (χ0) is 20.9. The highest BCUT2D eigenvalue weighted by atomic mass is 35.5. The Morgan fingerprint density at radius 1 is 1.13 bits per heavy atom. The highest BCUT2D eigenvalue weighted by Crippen LogP contribution is 2.33. The minimum atomic E-state index is -1.19. The Balaban J connectivity index is 0.00000231. The number of aromatic nitrogens is 1. The molecule has 0 unspecified atom stereocenters. The number of pyridine rings is 1. The number of methoxy groups -OCH3 is 1. The fourth-order valence-corrected chi connectivity index (χ4v) is 5.34. The number of amides is 1. The lowest BCUT2D eigenvalue weighted by Gasteiger charge is -2.37. The zero-order valence-electron chi connectivity index (χ0n) is 17.3. The number of rotatable bonds is 3. The monoisotopic (exact) mass is 443 g/mol. The maximum Gasteiger partial charge on any atom is 0.332 e. The van der Waals surface area contributed by atoms with Crippen LogP contribution in [-0.4, -0.2) is 42.2 Å². The number of nitrogens with zero attached hydrogens (tertiary/aromatic N) is 1. The summed E-state index contributed by atoms with van der Waals surface area (Å²) >= 11 is 0. The number of carbonyl (C=O) groups is 2. The Labute approximate surface area is 186 Å². The standard InChI is InChI=1S/C23H25N3O4.ClH/c1-30-22(29)23(9-15-4-2-3-5-16(15)10-23)25-20(27)18-6-7-19-17-8-14(11-24-12-17)13-26(19)21(18)28;/h2-7,14,17,24H,8-13H2,1H3,(H,25,27);1H/t14-,17+;/m0./s1. The van der Waals surface area contributed by atoms with Gasteiger partial charge in [0.15, 0.2) is 0 Å². The molecule has 8 heteroatoms. The molecule has 2 atom stereocenters. The molecule has 2 N–H and O–H groups in total. The van der Waals surface area contributed by atoms with E-state index in [-0.39, 0.29) is 23.5 Å². The number of nitrogens with one attached hydrogen (secondary N) is 2. The lowest BCUT2D eigenvalue weighted by Crippen LogP contribution is -2.57. The van der Waals surface area contributed by atoms with Crippen LogP contribution < -0.4 is 16.2 Å². The molecule has 1 aliphatic carbocycles. The number of fused-ring (bicyclic) bond motifs is 5. The summed E-state index contributed by atoms with van der Waals surface area (Å²) in [5.41, 5.74) is 1.60. The van der Waals surface area contributed by atoms with Crippen molar-refractivity contribution < 1.29 is 14.3 Å². The van der Waals surface area contributed by atoms with E-state index in [4.69, 9.17) is 4.74 Å². The summed E-state index contributed by atoms with van der Waals surface area (Å²) in [5.74, 6) is -0.320. The van der Waals surface area contributed by atoms with Crippen molar-refractivity contribution in [2.75, 3.05) is 20.2 Å². The molecule has 1 saturated heterocycles. The SMILES string of the molecule is COC(=O)C1(NC(=O)c2ccc3n(c2=O)C[C@@H]2CNC[C@H]3C2)Cc2ccccc2C1.Cl. The van der Waals surface area contributed by atoms with Crippen LogP contribution in [-0.2, 0) is 28.9 Å². The molecule has 1 aromatic heterocycles. The first-order chi connectivity index (χ1) is 14.5. The van der Waals surface area contributed by atoms with Crippen molar-refractivity contribution in [1.29, 1.82) is 0 Å². The van der Waals surface area contributed by atoms with E-state index in [9.17, 15) is 14.4 Å². The molecule has 0 spiro atoms. The van der Waals surface area contributed by atoms with Gasteiger partial charge in [-0.1, -0.05) is 24.3 Å². The molecule has 0 radical (unpaired) electrons. The number of benzene rings is 1. The van der Waals surface area contributed by atoms with Crippen LogP contribution >= 0.6 is 12.4 Å². The fraction of sp³-hybridized carbons (Fsp3) is 0.435. The molecule has 2 aromatic rings. The normalized spacial score (nSPS) is 22.5. The van der Waals surface area contributed by atoms with Crippen molar-refractivity contribution >= 4 is 24.3 Å². The molecule has 3 aliphatic rings. The second kappa shape index (κ2) is 8.13. The van der Waals surface area contributed by atoms with Crippen molar-refractivity contribution in [3.63, 3.8) is 0 Å².